The Bertz CT molecular complexity index is 1300. The Labute approximate surface area is 198 Å². The van der Waals surface area contributed by atoms with Gasteiger partial charge in [0.15, 0.2) is 6.61 Å². The highest BCUT2D eigenvalue weighted by Crippen LogP contribution is 2.29. The second-order valence-corrected chi connectivity index (χ2v) is 8.39. The van der Waals surface area contributed by atoms with E-state index in [0.29, 0.717) is 23.5 Å². The maximum absolute atomic E-state index is 13.4. The van der Waals surface area contributed by atoms with Crippen LogP contribution in [0.25, 0.3) is 10.9 Å². The number of likely N-dealkylation sites (N-methyl/N-ethyl adjacent to an activating group) is 1. The number of rotatable bonds is 5. The van der Waals surface area contributed by atoms with Crippen LogP contribution in [0.15, 0.2) is 84.9 Å². The molecule has 1 aliphatic heterocycles. The minimum atomic E-state index is -0.500. The number of carbonyl (C=O) groups is 2. The molecule has 1 amide bonds. The highest BCUT2D eigenvalue weighted by molar-refractivity contribution is 6.07. The van der Waals surface area contributed by atoms with Gasteiger partial charge in [-0.15, -0.1) is 0 Å². The van der Waals surface area contributed by atoms with Crippen LogP contribution in [-0.4, -0.2) is 42.0 Å². The summed E-state index contributed by atoms with van der Waals surface area (Å²) < 4.78 is 5.65. The van der Waals surface area contributed by atoms with Crippen molar-refractivity contribution in [3.05, 3.63) is 102 Å². The number of pyridine rings is 1. The van der Waals surface area contributed by atoms with Gasteiger partial charge in [0.2, 0.25) is 0 Å². The number of nitrogens with zero attached hydrogens (tertiary/aromatic N) is 3. The van der Waals surface area contributed by atoms with Gasteiger partial charge in [0.1, 0.15) is 0 Å². The Kier molecular flexibility index (Phi) is 6.06. The molecule has 0 spiro atoms. The van der Waals surface area contributed by atoms with Gasteiger partial charge < -0.3 is 9.64 Å². The Morgan fingerprint density at radius 2 is 1.53 bits per heavy atom. The molecule has 4 aromatic rings. The number of hydrogen-bond acceptors (Lipinski definition) is 5. The number of ether oxygens (including phenoxy) is 1. The molecule has 170 valence electrons. The van der Waals surface area contributed by atoms with Gasteiger partial charge in [-0.05, 0) is 37.4 Å². The number of esters is 1. The average Bonchev–Trinajstić information content (AvgIpc) is 2.87. The zero-order valence-electron chi connectivity index (χ0n) is 19.0. The van der Waals surface area contributed by atoms with Crippen LogP contribution >= 0.6 is 0 Å². The Balaban J connectivity index is 1.45. The molecule has 0 saturated carbocycles. The number of hydrogen-bond donors (Lipinski definition) is 0. The maximum atomic E-state index is 13.4. The van der Waals surface area contributed by atoms with E-state index in [1.807, 2.05) is 92.0 Å². The molecule has 5 rings (SSSR count). The van der Waals surface area contributed by atoms with Crippen molar-refractivity contribution < 1.29 is 14.3 Å². The third-order valence-corrected chi connectivity index (χ3v) is 6.05. The highest BCUT2D eigenvalue weighted by atomic mass is 16.5. The van der Waals surface area contributed by atoms with E-state index in [0.717, 1.165) is 35.1 Å². The van der Waals surface area contributed by atoms with E-state index in [4.69, 9.17) is 9.72 Å². The fourth-order valence-electron chi connectivity index (χ4n) is 4.41. The molecular formula is C28H25N3O3. The fourth-order valence-corrected chi connectivity index (χ4v) is 4.41. The van der Waals surface area contributed by atoms with Gasteiger partial charge in [-0.25, -0.2) is 4.79 Å². The number of aromatic nitrogens is 1. The summed E-state index contributed by atoms with van der Waals surface area (Å²) in [6.07, 6.45) is 0.770. The third kappa shape index (κ3) is 4.28. The lowest BCUT2D eigenvalue weighted by molar-refractivity contribution is -0.120. The molecule has 34 heavy (non-hydrogen) atoms. The molecule has 1 aliphatic rings. The summed E-state index contributed by atoms with van der Waals surface area (Å²) >= 11 is 0. The maximum Gasteiger partial charge on any atom is 0.339 e. The van der Waals surface area contributed by atoms with Crippen molar-refractivity contribution >= 4 is 34.2 Å². The molecule has 0 atom stereocenters. The first kappa shape index (κ1) is 21.8. The lowest BCUT2D eigenvalue weighted by Crippen LogP contribution is -2.32. The van der Waals surface area contributed by atoms with Crippen LogP contribution in [0.2, 0.25) is 0 Å². The minimum absolute atomic E-state index is 0.324. The Hall–Kier alpha value is -4.03. The smallest absolute Gasteiger partial charge is 0.339 e. The predicted molar refractivity (Wildman–Crippen MR) is 132 cm³/mol. The van der Waals surface area contributed by atoms with E-state index in [-0.39, 0.29) is 12.5 Å². The van der Waals surface area contributed by atoms with E-state index in [9.17, 15) is 9.59 Å². The van der Waals surface area contributed by atoms with Crippen molar-refractivity contribution in [2.45, 2.75) is 13.0 Å². The van der Waals surface area contributed by atoms with Gasteiger partial charge >= 0.3 is 5.97 Å². The van der Waals surface area contributed by atoms with Gasteiger partial charge in [-0.3, -0.25) is 14.7 Å². The van der Waals surface area contributed by atoms with Gasteiger partial charge in [-0.2, -0.15) is 0 Å². The molecule has 0 N–H and O–H groups in total. The minimum Gasteiger partial charge on any atom is -0.452 e. The van der Waals surface area contributed by atoms with E-state index >= 15 is 0 Å². The van der Waals surface area contributed by atoms with Crippen molar-refractivity contribution in [2.24, 2.45) is 0 Å². The summed E-state index contributed by atoms with van der Waals surface area (Å²) in [4.78, 5) is 35.2. The normalized spacial score (nSPS) is 13.3. The summed E-state index contributed by atoms with van der Waals surface area (Å²) in [5.74, 6) is -0.824. The summed E-state index contributed by atoms with van der Waals surface area (Å²) in [7, 11) is 2.02. The standard InChI is InChI=1S/C28H25N3O3/c1-30-17-16-25-23(18-30)27(22-14-8-9-15-24(22)29-25)28(33)34-19-26(32)31(20-10-4-2-5-11-20)21-12-6-3-7-13-21/h2-15H,16-19H2,1H3. The van der Waals surface area contributed by atoms with E-state index in [1.54, 1.807) is 4.90 Å². The van der Waals surface area contributed by atoms with Crippen LogP contribution in [0, 0.1) is 0 Å². The van der Waals surface area contributed by atoms with E-state index < -0.39 is 5.97 Å². The molecule has 0 saturated heterocycles. The average molecular weight is 452 g/mol. The van der Waals surface area contributed by atoms with Crippen LogP contribution in [0.1, 0.15) is 21.6 Å². The number of anilines is 2. The van der Waals surface area contributed by atoms with Crippen molar-refractivity contribution in [3.8, 4) is 0 Å². The number of carbonyl (C=O) groups excluding carboxylic acids is 2. The molecule has 6 nitrogen and oxygen atoms in total. The van der Waals surface area contributed by atoms with Gasteiger partial charge in [0.05, 0.1) is 11.1 Å². The highest BCUT2D eigenvalue weighted by Gasteiger charge is 2.27. The predicted octanol–water partition coefficient (Wildman–Crippen LogP) is 4.74. The lowest BCUT2D eigenvalue weighted by Gasteiger charge is -2.27. The zero-order valence-corrected chi connectivity index (χ0v) is 19.0. The first-order chi connectivity index (χ1) is 16.6. The molecule has 0 bridgehead atoms. The fraction of sp³-hybridized carbons (Fsp3) is 0.179. The van der Waals surface area contributed by atoms with Gasteiger partial charge in [-0.1, -0.05) is 54.6 Å². The van der Waals surface area contributed by atoms with Crippen LogP contribution in [0.3, 0.4) is 0 Å². The number of fused-ring (bicyclic) bond motifs is 2. The van der Waals surface area contributed by atoms with Crippen LogP contribution in [0.5, 0.6) is 0 Å². The number of benzene rings is 3. The molecule has 3 aromatic carbocycles. The molecule has 0 unspecified atom stereocenters. The molecular weight excluding hydrogens is 426 g/mol. The van der Waals surface area contributed by atoms with Crippen LogP contribution < -0.4 is 4.90 Å². The zero-order chi connectivity index (χ0) is 23.5. The first-order valence-corrected chi connectivity index (χ1v) is 11.3. The number of para-hydroxylation sites is 3. The van der Waals surface area contributed by atoms with Crippen molar-refractivity contribution in [3.63, 3.8) is 0 Å². The number of amides is 1. The summed E-state index contributed by atoms with van der Waals surface area (Å²) in [5, 5.41) is 0.747. The van der Waals surface area contributed by atoms with E-state index in [1.165, 1.54) is 0 Å². The van der Waals surface area contributed by atoms with Crippen LogP contribution in [0.4, 0.5) is 11.4 Å². The van der Waals surface area contributed by atoms with Crippen molar-refractivity contribution in [1.29, 1.82) is 0 Å². The largest absolute Gasteiger partial charge is 0.452 e. The molecule has 6 heteroatoms. The quantitative estimate of drug-likeness (QED) is 0.410. The van der Waals surface area contributed by atoms with Gasteiger partial charge in [0.25, 0.3) is 5.91 Å². The monoisotopic (exact) mass is 451 g/mol. The lowest BCUT2D eigenvalue weighted by atomic mass is 9.96. The van der Waals surface area contributed by atoms with Crippen molar-refractivity contribution in [2.75, 3.05) is 25.1 Å². The Morgan fingerprint density at radius 3 is 2.21 bits per heavy atom. The third-order valence-electron chi connectivity index (χ3n) is 6.05. The van der Waals surface area contributed by atoms with E-state index in [2.05, 4.69) is 4.90 Å². The molecule has 0 aliphatic carbocycles. The SMILES string of the molecule is CN1CCc2nc3ccccc3c(C(=O)OCC(=O)N(c3ccccc3)c3ccccc3)c2C1. The van der Waals surface area contributed by atoms with Crippen LogP contribution in [-0.2, 0) is 22.5 Å². The second-order valence-electron chi connectivity index (χ2n) is 8.39. The summed E-state index contributed by atoms with van der Waals surface area (Å²) in [6.45, 7) is 1.13. The second kappa shape index (κ2) is 9.45. The molecule has 0 fully saturated rings. The Morgan fingerprint density at radius 1 is 0.912 bits per heavy atom. The summed E-state index contributed by atoms with van der Waals surface area (Å²) in [5.41, 5.74) is 4.49. The summed E-state index contributed by atoms with van der Waals surface area (Å²) in [6, 6.07) is 26.3. The topological polar surface area (TPSA) is 62.7 Å². The molecule has 1 aromatic heterocycles. The van der Waals surface area contributed by atoms with Crippen molar-refractivity contribution in [1.82, 2.24) is 9.88 Å². The van der Waals surface area contributed by atoms with Gasteiger partial charge in [0, 0.05) is 47.5 Å². The molecule has 0 radical (unpaired) electrons. The molecule has 2 heterocycles. The first-order valence-electron chi connectivity index (χ1n) is 11.3.